The van der Waals surface area contributed by atoms with Gasteiger partial charge in [-0.2, -0.15) is 18.3 Å². The number of H-pyrrole nitrogens is 1. The summed E-state index contributed by atoms with van der Waals surface area (Å²) < 4.78 is 45.6. The summed E-state index contributed by atoms with van der Waals surface area (Å²) in [5, 5.41) is 13.9. The highest BCUT2D eigenvalue weighted by Crippen LogP contribution is 2.37. The summed E-state index contributed by atoms with van der Waals surface area (Å²) >= 11 is 3.06. The smallest absolute Gasteiger partial charge is 0.381 e. The number of anilines is 2. The summed E-state index contributed by atoms with van der Waals surface area (Å²) in [6, 6.07) is 11.7. The van der Waals surface area contributed by atoms with E-state index in [1.807, 2.05) is 0 Å². The van der Waals surface area contributed by atoms with E-state index in [2.05, 4.69) is 42.1 Å². The number of hydrogen-bond donors (Lipinski definition) is 4. The van der Waals surface area contributed by atoms with Gasteiger partial charge in [-0.05, 0) is 42.3 Å². The predicted octanol–water partition coefficient (Wildman–Crippen LogP) is 4.14. The first-order valence-corrected chi connectivity index (χ1v) is 12.3. The third kappa shape index (κ3) is 9.30. The first kappa shape index (κ1) is 28.9. The van der Waals surface area contributed by atoms with Crippen LogP contribution in [0.25, 0.3) is 0 Å². The van der Waals surface area contributed by atoms with Gasteiger partial charge in [-0.1, -0.05) is 28.1 Å². The Morgan fingerprint density at radius 2 is 1.79 bits per heavy atom. The molecule has 0 aliphatic heterocycles. The minimum Gasteiger partial charge on any atom is -0.381 e. The number of nitrogens with zero attached hydrogens (tertiary/aromatic N) is 1. The zero-order valence-corrected chi connectivity index (χ0v) is 21.6. The van der Waals surface area contributed by atoms with E-state index >= 15 is 0 Å². The number of carbonyl (C=O) groups is 2. The Labute approximate surface area is 224 Å². The molecule has 0 aliphatic rings. The minimum atomic E-state index is -4.50. The molecule has 0 spiro atoms. The van der Waals surface area contributed by atoms with E-state index in [1.54, 1.807) is 24.3 Å². The van der Waals surface area contributed by atoms with E-state index < -0.39 is 23.2 Å². The molecule has 0 fully saturated rings. The van der Waals surface area contributed by atoms with Gasteiger partial charge in [0.2, 0.25) is 5.91 Å². The number of hydrogen-bond acceptors (Lipinski definition) is 6. The van der Waals surface area contributed by atoms with Crippen LogP contribution in [0.1, 0.15) is 34.3 Å². The highest BCUT2D eigenvalue weighted by Gasteiger charge is 2.33. The number of rotatable bonds is 12. The summed E-state index contributed by atoms with van der Waals surface area (Å²) in [5.74, 6) is -0.627. The molecule has 1 aromatic heterocycles. The Hall–Kier alpha value is -3.71. The Bertz CT molecular complexity index is 1300. The summed E-state index contributed by atoms with van der Waals surface area (Å²) in [6.07, 6.45) is -2.57. The SMILES string of the molecule is O=C(CCOCCCNC(=O)c1cn[nH]c(=O)c1)NCc1ccc(Nc2ccc(Br)cc2C(F)(F)F)cc1. The van der Waals surface area contributed by atoms with E-state index in [1.165, 1.54) is 18.3 Å². The molecule has 1 heterocycles. The highest BCUT2D eigenvalue weighted by molar-refractivity contribution is 9.10. The fourth-order valence-corrected chi connectivity index (χ4v) is 3.62. The van der Waals surface area contributed by atoms with Gasteiger partial charge in [-0.25, -0.2) is 5.10 Å². The lowest BCUT2D eigenvalue weighted by atomic mass is 10.1. The van der Waals surface area contributed by atoms with Crippen LogP contribution in [0.4, 0.5) is 24.5 Å². The summed E-state index contributed by atoms with van der Waals surface area (Å²) in [4.78, 5) is 35.1. The van der Waals surface area contributed by atoms with Gasteiger partial charge in [0.05, 0.1) is 29.6 Å². The lowest BCUT2D eigenvalue weighted by Crippen LogP contribution is -2.27. The van der Waals surface area contributed by atoms with Crippen LogP contribution in [0.5, 0.6) is 0 Å². The molecule has 0 saturated carbocycles. The average Bonchev–Trinajstić information content (AvgIpc) is 2.88. The Morgan fingerprint density at radius 3 is 2.50 bits per heavy atom. The van der Waals surface area contributed by atoms with Crippen LogP contribution in [0.3, 0.4) is 0 Å². The van der Waals surface area contributed by atoms with Gasteiger partial charge >= 0.3 is 6.18 Å². The maximum absolute atomic E-state index is 13.3. The fourth-order valence-electron chi connectivity index (χ4n) is 3.26. The molecule has 3 aromatic rings. The average molecular weight is 596 g/mol. The first-order chi connectivity index (χ1) is 18.1. The van der Waals surface area contributed by atoms with E-state index in [4.69, 9.17) is 4.74 Å². The first-order valence-electron chi connectivity index (χ1n) is 11.5. The number of aromatic nitrogens is 2. The van der Waals surface area contributed by atoms with Gasteiger partial charge < -0.3 is 20.7 Å². The predicted molar refractivity (Wildman–Crippen MR) is 138 cm³/mol. The van der Waals surface area contributed by atoms with Crippen molar-refractivity contribution < 1.29 is 27.5 Å². The van der Waals surface area contributed by atoms with Crippen LogP contribution in [-0.2, 0) is 22.3 Å². The van der Waals surface area contributed by atoms with Crippen LogP contribution < -0.4 is 21.5 Å². The second-order valence-electron chi connectivity index (χ2n) is 8.09. The molecule has 2 aromatic carbocycles. The third-order valence-electron chi connectivity index (χ3n) is 5.16. The number of amides is 2. The van der Waals surface area contributed by atoms with Crippen LogP contribution in [0.15, 0.2) is 64.0 Å². The Kier molecular flexibility index (Phi) is 10.4. The molecule has 13 heteroatoms. The molecular weight excluding hydrogens is 571 g/mol. The van der Waals surface area contributed by atoms with Crippen molar-refractivity contribution in [2.24, 2.45) is 0 Å². The number of alkyl halides is 3. The number of benzene rings is 2. The van der Waals surface area contributed by atoms with Gasteiger partial charge in [-0.3, -0.25) is 14.4 Å². The maximum Gasteiger partial charge on any atom is 0.418 e. The van der Waals surface area contributed by atoms with Crippen molar-refractivity contribution in [3.8, 4) is 0 Å². The molecule has 38 heavy (non-hydrogen) atoms. The van der Waals surface area contributed by atoms with Crippen molar-refractivity contribution in [2.75, 3.05) is 25.1 Å². The van der Waals surface area contributed by atoms with Gasteiger partial charge in [0, 0.05) is 42.3 Å². The molecular formula is C25H25BrF3N5O4. The molecule has 0 radical (unpaired) electrons. The number of ether oxygens (including phenoxy) is 1. The monoisotopic (exact) mass is 595 g/mol. The van der Waals surface area contributed by atoms with Crippen molar-refractivity contribution in [2.45, 2.75) is 25.6 Å². The second-order valence-corrected chi connectivity index (χ2v) is 9.01. The van der Waals surface area contributed by atoms with Crippen LogP contribution in [0.2, 0.25) is 0 Å². The van der Waals surface area contributed by atoms with Gasteiger partial charge in [-0.15, -0.1) is 0 Å². The molecule has 0 bridgehead atoms. The lowest BCUT2D eigenvalue weighted by Gasteiger charge is -2.15. The highest BCUT2D eigenvalue weighted by atomic mass is 79.9. The molecule has 0 atom stereocenters. The van der Waals surface area contributed by atoms with E-state index in [9.17, 15) is 27.6 Å². The minimum absolute atomic E-state index is 0.0609. The molecule has 4 N–H and O–H groups in total. The maximum atomic E-state index is 13.3. The van der Waals surface area contributed by atoms with E-state index in [0.29, 0.717) is 29.7 Å². The summed E-state index contributed by atoms with van der Waals surface area (Å²) in [6.45, 7) is 1.13. The molecule has 0 aliphatic carbocycles. The normalized spacial score (nSPS) is 11.2. The summed E-state index contributed by atoms with van der Waals surface area (Å²) in [5.41, 5.74) is 0.118. The van der Waals surface area contributed by atoms with Crippen LogP contribution >= 0.6 is 15.9 Å². The standard InChI is InChI=1S/C25H25BrF3N5O4/c26-18-4-7-21(20(13-18)25(27,28)29)33-19-5-2-16(3-6-19)14-31-22(35)8-11-38-10-1-9-30-24(37)17-12-23(36)34-32-15-17/h2-7,12-13,15,33H,1,8-11,14H2,(H,30,37)(H,31,35)(H,34,36). The summed E-state index contributed by atoms with van der Waals surface area (Å²) in [7, 11) is 0. The topological polar surface area (TPSA) is 125 Å². The molecule has 202 valence electrons. The molecule has 2 amide bonds. The number of carbonyl (C=O) groups excluding carboxylic acids is 2. The van der Waals surface area contributed by atoms with E-state index in [0.717, 1.165) is 17.7 Å². The third-order valence-corrected chi connectivity index (χ3v) is 5.65. The van der Waals surface area contributed by atoms with Gasteiger partial charge in [0.25, 0.3) is 11.5 Å². The zero-order chi connectivity index (χ0) is 27.5. The number of nitrogens with one attached hydrogen (secondary N) is 4. The quantitative estimate of drug-likeness (QED) is 0.233. The van der Waals surface area contributed by atoms with Gasteiger partial charge in [0.1, 0.15) is 0 Å². The van der Waals surface area contributed by atoms with Crippen LogP contribution in [0, 0.1) is 0 Å². The lowest BCUT2D eigenvalue weighted by molar-refractivity contribution is -0.137. The van der Waals surface area contributed by atoms with Crippen molar-refractivity contribution >= 4 is 39.1 Å². The van der Waals surface area contributed by atoms with Crippen molar-refractivity contribution in [1.29, 1.82) is 0 Å². The Balaban J connectivity index is 1.32. The van der Waals surface area contributed by atoms with Gasteiger partial charge in [0.15, 0.2) is 0 Å². The van der Waals surface area contributed by atoms with E-state index in [-0.39, 0.29) is 36.7 Å². The largest absolute Gasteiger partial charge is 0.418 e. The number of aromatic amines is 1. The van der Waals surface area contributed by atoms with Crippen molar-refractivity contribution in [3.63, 3.8) is 0 Å². The zero-order valence-electron chi connectivity index (χ0n) is 20.0. The Morgan fingerprint density at radius 1 is 1.03 bits per heavy atom. The molecule has 0 saturated heterocycles. The molecule has 0 unspecified atom stereocenters. The fraction of sp³-hybridized carbons (Fsp3) is 0.280. The molecule has 3 rings (SSSR count). The number of halogens is 4. The van der Waals surface area contributed by atoms with Crippen molar-refractivity contribution in [3.05, 3.63) is 86.2 Å². The van der Waals surface area contributed by atoms with Crippen molar-refractivity contribution in [1.82, 2.24) is 20.8 Å². The molecule has 9 nitrogen and oxygen atoms in total. The van der Waals surface area contributed by atoms with Crippen LogP contribution in [-0.4, -0.2) is 41.8 Å². The second kappa shape index (κ2) is 13.7.